The molecule has 0 aliphatic heterocycles. The summed E-state index contributed by atoms with van der Waals surface area (Å²) in [6, 6.07) is 15.4. The number of thiazole rings is 1. The van der Waals surface area contributed by atoms with Crippen LogP contribution in [0.3, 0.4) is 0 Å². The van der Waals surface area contributed by atoms with Gasteiger partial charge in [-0.05, 0) is 37.5 Å². The highest BCUT2D eigenvalue weighted by Crippen LogP contribution is 2.26. The Hall–Kier alpha value is -3.48. The Labute approximate surface area is 234 Å². The van der Waals surface area contributed by atoms with Gasteiger partial charge in [-0.15, -0.1) is 11.3 Å². The Morgan fingerprint density at radius 2 is 1.69 bits per heavy atom. The van der Waals surface area contributed by atoms with Crippen molar-refractivity contribution in [1.29, 1.82) is 0 Å². The lowest BCUT2D eigenvalue weighted by atomic mass is 10.0. The Bertz CT molecular complexity index is 1300. The normalized spacial score (nSPS) is 12.5. The lowest BCUT2D eigenvalue weighted by Gasteiger charge is -2.22. The molecule has 2 aromatic carbocycles. The van der Waals surface area contributed by atoms with Gasteiger partial charge in [-0.25, -0.2) is 9.78 Å². The zero-order valence-electron chi connectivity index (χ0n) is 22.7. The summed E-state index contributed by atoms with van der Waals surface area (Å²) in [4.78, 5) is 29.0. The Balaban J connectivity index is 0.000000658. The topological polar surface area (TPSA) is 147 Å². The number of ether oxygens (including phenoxy) is 1. The third kappa shape index (κ3) is 11.4. The summed E-state index contributed by atoms with van der Waals surface area (Å²) in [5, 5.41) is 8.29. The maximum atomic E-state index is 12.8. The van der Waals surface area contributed by atoms with E-state index in [0.717, 1.165) is 10.6 Å². The maximum absolute atomic E-state index is 12.8. The first-order chi connectivity index (χ1) is 18.4. The fraction of sp³-hybridized carbons (Fsp3) is 0.370. The third-order valence-electron chi connectivity index (χ3n) is 5.49. The second-order valence-electron chi connectivity index (χ2n) is 9.06. The molecule has 3 rings (SSSR count). The highest BCUT2D eigenvalue weighted by molar-refractivity contribution is 7.87. The quantitative estimate of drug-likeness (QED) is 0.248. The highest BCUT2D eigenvalue weighted by Gasteiger charge is 2.25. The SMILES string of the molecule is CC[C@H](NC(=O)OC)C(=O)N[C@@H](Cc1ccc(NS(=O)(=O)O)cc1)c1csc(C(C)C)n1.Cc1ccccc1. The summed E-state index contributed by atoms with van der Waals surface area (Å²) in [5.41, 5.74) is 3.03. The van der Waals surface area contributed by atoms with Crippen molar-refractivity contribution in [3.05, 3.63) is 81.8 Å². The molecule has 0 spiro atoms. The van der Waals surface area contributed by atoms with Crippen molar-refractivity contribution >= 4 is 39.3 Å². The van der Waals surface area contributed by atoms with E-state index in [-0.39, 0.29) is 17.5 Å². The van der Waals surface area contributed by atoms with Crippen molar-refractivity contribution in [2.45, 2.75) is 58.5 Å². The molecule has 12 heteroatoms. The summed E-state index contributed by atoms with van der Waals surface area (Å²) >= 11 is 1.50. The van der Waals surface area contributed by atoms with Crippen LogP contribution in [0.1, 0.15) is 61.0 Å². The van der Waals surface area contributed by atoms with E-state index < -0.39 is 28.5 Å². The number of rotatable bonds is 10. The first kappa shape index (κ1) is 31.7. The van der Waals surface area contributed by atoms with Gasteiger partial charge in [0.15, 0.2) is 0 Å². The molecular weight excluding hydrogens is 540 g/mol. The number of hydrogen-bond donors (Lipinski definition) is 4. The number of anilines is 1. The van der Waals surface area contributed by atoms with Crippen LogP contribution in [0.2, 0.25) is 0 Å². The van der Waals surface area contributed by atoms with E-state index in [9.17, 15) is 18.0 Å². The summed E-state index contributed by atoms with van der Waals surface area (Å²) in [6.45, 7) is 7.92. The van der Waals surface area contributed by atoms with E-state index in [1.165, 1.54) is 36.1 Å². The van der Waals surface area contributed by atoms with Crippen molar-refractivity contribution in [3.63, 3.8) is 0 Å². The summed E-state index contributed by atoms with van der Waals surface area (Å²) in [7, 11) is -3.13. The lowest BCUT2D eigenvalue weighted by Crippen LogP contribution is -2.47. The molecule has 212 valence electrons. The molecule has 2 atom stereocenters. The van der Waals surface area contributed by atoms with E-state index in [4.69, 9.17) is 4.55 Å². The Morgan fingerprint density at radius 1 is 1.05 bits per heavy atom. The Kier molecular flexibility index (Phi) is 12.4. The van der Waals surface area contributed by atoms with Crippen LogP contribution in [0.25, 0.3) is 0 Å². The van der Waals surface area contributed by atoms with Gasteiger partial charge in [0, 0.05) is 11.3 Å². The minimum absolute atomic E-state index is 0.209. The van der Waals surface area contributed by atoms with Gasteiger partial charge in [-0.1, -0.05) is 68.8 Å². The summed E-state index contributed by atoms with van der Waals surface area (Å²) < 4.78 is 37.4. The zero-order chi connectivity index (χ0) is 29.0. The number of aryl methyl sites for hydroxylation is 1. The van der Waals surface area contributed by atoms with Gasteiger partial charge in [0.1, 0.15) is 6.04 Å². The van der Waals surface area contributed by atoms with E-state index in [0.29, 0.717) is 18.5 Å². The lowest BCUT2D eigenvalue weighted by molar-refractivity contribution is -0.123. The molecule has 0 bridgehead atoms. The molecule has 0 aliphatic carbocycles. The monoisotopic (exact) mass is 576 g/mol. The minimum Gasteiger partial charge on any atom is -0.453 e. The molecular formula is C27H36N4O6S2. The standard InChI is InChI=1S/C20H28N4O6S2.C7H8/c1-5-15(23-20(26)30-4)18(25)21-16(17-11-31-19(22-17)12(2)3)10-13-6-8-14(9-7-13)24-32(27,28)29;1-7-5-3-2-4-6-7/h6-9,11-12,15-16,24H,5,10H2,1-4H3,(H,21,25)(H,23,26)(H,27,28,29);2-6H,1H3/t15-,16-;/m0./s1. The molecule has 0 saturated heterocycles. The van der Waals surface area contributed by atoms with Crippen LogP contribution in [0.4, 0.5) is 10.5 Å². The van der Waals surface area contributed by atoms with Crippen molar-refractivity contribution in [2.75, 3.05) is 11.8 Å². The molecule has 2 amide bonds. The summed E-state index contributed by atoms with van der Waals surface area (Å²) in [6.07, 6.45) is 0.0624. The van der Waals surface area contributed by atoms with Crippen molar-refractivity contribution in [3.8, 4) is 0 Å². The molecule has 1 heterocycles. The van der Waals surface area contributed by atoms with Crippen LogP contribution in [-0.4, -0.2) is 43.1 Å². The first-order valence-corrected chi connectivity index (χ1v) is 14.7. The molecule has 39 heavy (non-hydrogen) atoms. The van der Waals surface area contributed by atoms with Crippen LogP contribution in [-0.2, 0) is 26.3 Å². The fourth-order valence-electron chi connectivity index (χ4n) is 3.41. The van der Waals surface area contributed by atoms with E-state index in [1.807, 2.05) is 42.1 Å². The number of carbonyl (C=O) groups excluding carboxylic acids is 2. The van der Waals surface area contributed by atoms with Crippen LogP contribution in [0.5, 0.6) is 0 Å². The number of alkyl carbamates (subject to hydrolysis) is 1. The van der Waals surface area contributed by atoms with Crippen LogP contribution >= 0.6 is 11.3 Å². The number of amides is 2. The number of carbonyl (C=O) groups is 2. The Morgan fingerprint density at radius 3 is 2.15 bits per heavy atom. The van der Waals surface area contributed by atoms with Crippen molar-refractivity contribution in [1.82, 2.24) is 15.6 Å². The van der Waals surface area contributed by atoms with Gasteiger partial charge in [0.25, 0.3) is 0 Å². The number of hydrogen-bond acceptors (Lipinski definition) is 7. The van der Waals surface area contributed by atoms with Gasteiger partial charge >= 0.3 is 16.4 Å². The smallest absolute Gasteiger partial charge is 0.407 e. The summed E-state index contributed by atoms with van der Waals surface area (Å²) in [5.74, 6) is -0.132. The second kappa shape index (κ2) is 15.2. The molecule has 0 fully saturated rings. The van der Waals surface area contributed by atoms with E-state index >= 15 is 0 Å². The second-order valence-corrected chi connectivity index (χ2v) is 11.1. The minimum atomic E-state index is -4.36. The highest BCUT2D eigenvalue weighted by atomic mass is 32.2. The predicted molar refractivity (Wildman–Crippen MR) is 153 cm³/mol. The average Bonchev–Trinajstić information content (AvgIpc) is 3.38. The number of methoxy groups -OCH3 is 1. The number of nitrogens with one attached hydrogen (secondary N) is 3. The third-order valence-corrected chi connectivity index (χ3v) is 7.15. The fourth-order valence-corrected chi connectivity index (χ4v) is 4.73. The molecule has 0 unspecified atom stereocenters. The van der Waals surface area contributed by atoms with Gasteiger partial charge in [-0.3, -0.25) is 14.1 Å². The van der Waals surface area contributed by atoms with Gasteiger partial charge < -0.3 is 15.4 Å². The van der Waals surface area contributed by atoms with Crippen molar-refractivity contribution in [2.24, 2.45) is 0 Å². The molecule has 10 nitrogen and oxygen atoms in total. The predicted octanol–water partition coefficient (Wildman–Crippen LogP) is 5.01. The van der Waals surface area contributed by atoms with Crippen LogP contribution in [0, 0.1) is 6.92 Å². The molecule has 0 radical (unpaired) electrons. The first-order valence-electron chi connectivity index (χ1n) is 12.4. The maximum Gasteiger partial charge on any atom is 0.407 e. The van der Waals surface area contributed by atoms with Crippen molar-refractivity contribution < 1.29 is 27.3 Å². The molecule has 3 aromatic rings. The number of aromatic nitrogens is 1. The van der Waals surface area contributed by atoms with Gasteiger partial charge in [0.2, 0.25) is 5.91 Å². The number of benzene rings is 2. The molecule has 0 saturated carbocycles. The molecule has 4 N–H and O–H groups in total. The van der Waals surface area contributed by atoms with E-state index in [2.05, 4.69) is 39.4 Å². The van der Waals surface area contributed by atoms with Crippen LogP contribution < -0.4 is 15.4 Å². The molecule has 1 aromatic heterocycles. The van der Waals surface area contributed by atoms with E-state index in [1.54, 1.807) is 19.1 Å². The molecule has 0 aliphatic rings. The largest absolute Gasteiger partial charge is 0.453 e. The van der Waals surface area contributed by atoms with Gasteiger partial charge in [0.05, 0.1) is 29.5 Å². The average molecular weight is 577 g/mol. The zero-order valence-corrected chi connectivity index (χ0v) is 24.3. The number of nitrogens with zero attached hydrogens (tertiary/aromatic N) is 1. The van der Waals surface area contributed by atoms with Crippen LogP contribution in [0.15, 0.2) is 60.0 Å². The van der Waals surface area contributed by atoms with Gasteiger partial charge in [-0.2, -0.15) is 8.42 Å².